The maximum atomic E-state index is 12.5. The highest BCUT2D eigenvalue weighted by molar-refractivity contribution is 5.19. The lowest BCUT2D eigenvalue weighted by Crippen LogP contribution is -1.92. The fraction of sp³-hybridized carbons (Fsp3) is 0.571. The fourth-order valence-electron chi connectivity index (χ4n) is 1.39. The van der Waals surface area contributed by atoms with Crippen LogP contribution in [0, 0.1) is 5.82 Å². The molecule has 86 valence electrons. The predicted octanol–water partition coefficient (Wildman–Crippen LogP) is 5.15. The van der Waals surface area contributed by atoms with Crippen LogP contribution in [0.2, 0.25) is 0 Å². The Kier molecular flexibility index (Phi) is 7.98. The van der Waals surface area contributed by atoms with Crippen molar-refractivity contribution in [3.63, 3.8) is 0 Å². The summed E-state index contributed by atoms with van der Waals surface area (Å²) in [6, 6.07) is 6.80. The Morgan fingerprint density at radius 2 is 1.53 bits per heavy atom. The van der Waals surface area contributed by atoms with E-state index in [1.807, 2.05) is 12.1 Å². The van der Waals surface area contributed by atoms with Crippen LogP contribution in [0.25, 0.3) is 0 Å². The van der Waals surface area contributed by atoms with E-state index in [2.05, 4.69) is 27.7 Å². The van der Waals surface area contributed by atoms with E-state index in [0.717, 1.165) is 0 Å². The first kappa shape index (κ1) is 14.2. The second-order valence-corrected chi connectivity index (χ2v) is 3.95. The van der Waals surface area contributed by atoms with Crippen molar-refractivity contribution in [2.75, 3.05) is 0 Å². The summed E-state index contributed by atoms with van der Waals surface area (Å²) >= 11 is 0. The molecule has 1 aromatic carbocycles. The molecule has 0 aliphatic rings. The average molecular weight is 210 g/mol. The first-order valence-corrected chi connectivity index (χ1v) is 5.91. The molecule has 0 bridgehead atoms. The number of hydrogen-bond acceptors (Lipinski definition) is 0. The molecule has 0 saturated carbocycles. The van der Waals surface area contributed by atoms with Crippen molar-refractivity contribution in [3.8, 4) is 0 Å². The maximum Gasteiger partial charge on any atom is 0.123 e. The summed E-state index contributed by atoms with van der Waals surface area (Å²) in [5, 5.41) is 0. The van der Waals surface area contributed by atoms with Crippen LogP contribution in [-0.2, 0) is 0 Å². The Hall–Kier alpha value is -0.850. The highest BCUT2D eigenvalue weighted by atomic mass is 19.1. The standard InChI is InChI=1S/C11H15F.C3H8/c1-3-4-9(2)10-5-7-11(12)8-6-10;1-3-2/h5-9H,3-4H2,1-2H3;3H2,1-2H3. The van der Waals surface area contributed by atoms with Crippen molar-refractivity contribution in [2.24, 2.45) is 0 Å². The minimum absolute atomic E-state index is 0.151. The van der Waals surface area contributed by atoms with E-state index in [0.29, 0.717) is 5.92 Å². The van der Waals surface area contributed by atoms with E-state index in [1.54, 1.807) is 0 Å². The molecule has 15 heavy (non-hydrogen) atoms. The zero-order chi connectivity index (χ0) is 11.7. The molecule has 1 unspecified atom stereocenters. The van der Waals surface area contributed by atoms with Gasteiger partial charge in [-0.1, -0.05) is 52.7 Å². The Morgan fingerprint density at radius 1 is 1.07 bits per heavy atom. The Labute approximate surface area is 93.5 Å². The van der Waals surface area contributed by atoms with Gasteiger partial charge >= 0.3 is 0 Å². The molecule has 0 fully saturated rings. The van der Waals surface area contributed by atoms with Gasteiger partial charge in [-0.15, -0.1) is 0 Å². The summed E-state index contributed by atoms with van der Waals surface area (Å²) in [7, 11) is 0. The third kappa shape index (κ3) is 6.27. The van der Waals surface area contributed by atoms with Crippen LogP contribution in [0.3, 0.4) is 0 Å². The molecule has 0 aromatic heterocycles. The topological polar surface area (TPSA) is 0 Å². The van der Waals surface area contributed by atoms with Crippen molar-refractivity contribution in [3.05, 3.63) is 35.6 Å². The molecule has 0 aliphatic carbocycles. The van der Waals surface area contributed by atoms with Crippen LogP contribution >= 0.6 is 0 Å². The number of halogens is 1. The quantitative estimate of drug-likeness (QED) is 0.647. The largest absolute Gasteiger partial charge is 0.207 e. The molecule has 1 heteroatoms. The van der Waals surface area contributed by atoms with E-state index in [1.165, 1.54) is 37.0 Å². The molecule has 0 saturated heterocycles. The van der Waals surface area contributed by atoms with Gasteiger partial charge in [-0.25, -0.2) is 4.39 Å². The molecule has 1 atom stereocenters. The Morgan fingerprint density at radius 3 is 1.93 bits per heavy atom. The number of hydrogen-bond donors (Lipinski definition) is 0. The minimum Gasteiger partial charge on any atom is -0.207 e. The summed E-state index contributed by atoms with van der Waals surface area (Å²) in [5.74, 6) is 0.401. The van der Waals surface area contributed by atoms with Crippen LogP contribution in [0.1, 0.15) is 58.4 Å². The van der Waals surface area contributed by atoms with E-state index in [-0.39, 0.29) is 5.82 Å². The van der Waals surface area contributed by atoms with Gasteiger partial charge in [0.1, 0.15) is 5.82 Å². The predicted molar refractivity (Wildman–Crippen MR) is 65.7 cm³/mol. The van der Waals surface area contributed by atoms with E-state index in [9.17, 15) is 4.39 Å². The van der Waals surface area contributed by atoms with Crippen molar-refractivity contribution in [2.45, 2.75) is 52.9 Å². The molecule has 0 heterocycles. The van der Waals surface area contributed by atoms with Gasteiger partial charge in [0.05, 0.1) is 0 Å². The van der Waals surface area contributed by atoms with Crippen molar-refractivity contribution < 1.29 is 4.39 Å². The maximum absolute atomic E-state index is 12.5. The van der Waals surface area contributed by atoms with Gasteiger partial charge in [0.25, 0.3) is 0 Å². The monoisotopic (exact) mass is 210 g/mol. The van der Waals surface area contributed by atoms with Crippen molar-refractivity contribution in [1.82, 2.24) is 0 Å². The summed E-state index contributed by atoms with van der Waals surface area (Å²) in [5.41, 5.74) is 1.23. The molecule has 0 aliphatic heterocycles. The normalized spacial score (nSPS) is 11.5. The third-order valence-electron chi connectivity index (χ3n) is 2.16. The van der Waals surface area contributed by atoms with Crippen LogP contribution in [-0.4, -0.2) is 0 Å². The van der Waals surface area contributed by atoms with Crippen LogP contribution < -0.4 is 0 Å². The van der Waals surface area contributed by atoms with Crippen LogP contribution in [0.5, 0.6) is 0 Å². The van der Waals surface area contributed by atoms with Gasteiger partial charge in [-0.2, -0.15) is 0 Å². The molecular formula is C14H23F. The molecular weight excluding hydrogens is 187 g/mol. The SMILES string of the molecule is CCC.CCCC(C)c1ccc(F)cc1. The number of benzene rings is 1. The zero-order valence-electron chi connectivity index (χ0n) is 10.4. The molecule has 0 nitrogen and oxygen atoms in total. The highest BCUT2D eigenvalue weighted by Crippen LogP contribution is 2.20. The van der Waals surface area contributed by atoms with E-state index >= 15 is 0 Å². The van der Waals surface area contributed by atoms with E-state index < -0.39 is 0 Å². The summed E-state index contributed by atoms with van der Waals surface area (Å²) in [4.78, 5) is 0. The Balaban J connectivity index is 0.000000583. The lowest BCUT2D eigenvalue weighted by molar-refractivity contribution is 0.621. The van der Waals surface area contributed by atoms with Crippen molar-refractivity contribution in [1.29, 1.82) is 0 Å². The van der Waals surface area contributed by atoms with Gasteiger partial charge in [0.15, 0.2) is 0 Å². The van der Waals surface area contributed by atoms with Gasteiger partial charge in [-0.3, -0.25) is 0 Å². The first-order valence-electron chi connectivity index (χ1n) is 5.91. The van der Waals surface area contributed by atoms with Crippen LogP contribution in [0.15, 0.2) is 24.3 Å². The van der Waals surface area contributed by atoms with Crippen LogP contribution in [0.4, 0.5) is 4.39 Å². The highest BCUT2D eigenvalue weighted by Gasteiger charge is 2.02. The summed E-state index contributed by atoms with van der Waals surface area (Å²) in [6.07, 6.45) is 3.60. The second kappa shape index (κ2) is 8.46. The smallest absolute Gasteiger partial charge is 0.123 e. The van der Waals surface area contributed by atoms with Gasteiger partial charge < -0.3 is 0 Å². The first-order chi connectivity index (χ1) is 7.15. The minimum atomic E-state index is -0.151. The second-order valence-electron chi connectivity index (χ2n) is 3.95. The number of rotatable bonds is 3. The lowest BCUT2D eigenvalue weighted by Gasteiger charge is -2.09. The molecule has 0 radical (unpaired) electrons. The zero-order valence-corrected chi connectivity index (χ0v) is 10.4. The molecule has 0 spiro atoms. The van der Waals surface area contributed by atoms with Gasteiger partial charge in [0, 0.05) is 0 Å². The third-order valence-corrected chi connectivity index (χ3v) is 2.16. The average Bonchev–Trinajstić information content (AvgIpc) is 2.20. The summed E-state index contributed by atoms with van der Waals surface area (Å²) < 4.78 is 12.5. The van der Waals surface area contributed by atoms with Gasteiger partial charge in [-0.05, 0) is 30.0 Å². The van der Waals surface area contributed by atoms with E-state index in [4.69, 9.17) is 0 Å². The lowest BCUT2D eigenvalue weighted by atomic mass is 9.97. The fourth-order valence-corrected chi connectivity index (χ4v) is 1.39. The van der Waals surface area contributed by atoms with Crippen molar-refractivity contribution >= 4 is 0 Å². The Bertz CT molecular complexity index is 238. The molecule has 1 aromatic rings. The molecule has 0 amide bonds. The summed E-state index contributed by atoms with van der Waals surface area (Å²) in [6.45, 7) is 8.59. The molecule has 0 N–H and O–H groups in total. The molecule has 1 rings (SSSR count). The van der Waals surface area contributed by atoms with Gasteiger partial charge in [0.2, 0.25) is 0 Å².